The average Bonchev–Trinajstić information content (AvgIpc) is 3.59. The SMILES string of the molecule is O=C1[C@@H]2[C@H]3C=C[C@@H]([C@@H]4C[C@@H]34)[C@@H]2C(=O)N1CN(C(=O)c1ccc(Cl)c(Cl)c1)c1ccc(Cl)cc1. The predicted molar refractivity (Wildman–Crippen MR) is 126 cm³/mol. The van der Waals surface area contributed by atoms with Crippen LogP contribution in [0.1, 0.15) is 16.8 Å². The van der Waals surface area contributed by atoms with E-state index in [1.54, 1.807) is 36.4 Å². The number of hydrogen-bond acceptors (Lipinski definition) is 3. The lowest BCUT2D eigenvalue weighted by Gasteiger charge is -2.37. The van der Waals surface area contributed by atoms with E-state index in [0.717, 1.165) is 6.42 Å². The summed E-state index contributed by atoms with van der Waals surface area (Å²) in [5.41, 5.74) is 0.828. The van der Waals surface area contributed by atoms with Crippen LogP contribution in [0, 0.1) is 35.5 Å². The summed E-state index contributed by atoms with van der Waals surface area (Å²) in [5.74, 6) is -0.109. The van der Waals surface area contributed by atoms with Crippen molar-refractivity contribution in [1.82, 2.24) is 4.90 Å². The largest absolute Gasteiger partial charge is 0.290 e. The monoisotopic (exact) mass is 500 g/mol. The van der Waals surface area contributed by atoms with E-state index in [2.05, 4.69) is 12.2 Å². The first-order valence-electron chi connectivity index (χ1n) is 10.9. The Morgan fingerprint density at radius 1 is 0.879 bits per heavy atom. The van der Waals surface area contributed by atoms with Crippen LogP contribution in [0.25, 0.3) is 0 Å². The van der Waals surface area contributed by atoms with E-state index in [4.69, 9.17) is 34.8 Å². The molecule has 2 aromatic rings. The molecule has 168 valence electrons. The van der Waals surface area contributed by atoms with E-state index in [1.165, 1.54) is 15.9 Å². The van der Waals surface area contributed by atoms with E-state index >= 15 is 0 Å². The van der Waals surface area contributed by atoms with Crippen LogP contribution in [0.4, 0.5) is 5.69 Å². The van der Waals surface area contributed by atoms with Gasteiger partial charge in [0.1, 0.15) is 6.67 Å². The Morgan fingerprint density at radius 3 is 2.06 bits per heavy atom. The number of allylic oxidation sites excluding steroid dienone is 2. The van der Waals surface area contributed by atoms with Crippen LogP contribution in [-0.4, -0.2) is 29.3 Å². The van der Waals surface area contributed by atoms with E-state index in [-0.39, 0.29) is 47.2 Å². The molecule has 3 fully saturated rings. The summed E-state index contributed by atoms with van der Waals surface area (Å²) in [6.45, 7) is -0.167. The third kappa shape index (κ3) is 3.24. The lowest BCUT2D eigenvalue weighted by Crippen LogP contribution is -2.45. The maximum atomic E-state index is 13.5. The first kappa shape index (κ1) is 21.2. The number of halogens is 3. The average molecular weight is 502 g/mol. The highest BCUT2D eigenvalue weighted by molar-refractivity contribution is 6.42. The molecule has 2 saturated carbocycles. The van der Waals surface area contributed by atoms with Gasteiger partial charge in [0, 0.05) is 16.3 Å². The van der Waals surface area contributed by atoms with Crippen LogP contribution in [0.2, 0.25) is 15.1 Å². The summed E-state index contributed by atoms with van der Waals surface area (Å²) in [7, 11) is 0. The van der Waals surface area contributed by atoms with Crippen LogP contribution in [0.3, 0.4) is 0 Å². The van der Waals surface area contributed by atoms with Gasteiger partial charge in [0.05, 0.1) is 21.9 Å². The number of hydrogen-bond donors (Lipinski definition) is 0. The number of anilines is 1. The van der Waals surface area contributed by atoms with Gasteiger partial charge < -0.3 is 0 Å². The van der Waals surface area contributed by atoms with Crippen molar-refractivity contribution < 1.29 is 14.4 Å². The van der Waals surface area contributed by atoms with Gasteiger partial charge in [-0.2, -0.15) is 0 Å². The highest BCUT2D eigenvalue weighted by Crippen LogP contribution is 2.65. The smallest absolute Gasteiger partial charge is 0.259 e. The Bertz CT molecular complexity index is 1190. The normalized spacial score (nSPS) is 30.9. The second-order valence-electron chi connectivity index (χ2n) is 9.24. The number of rotatable bonds is 4. The van der Waals surface area contributed by atoms with E-state index in [9.17, 15) is 14.4 Å². The Morgan fingerprint density at radius 2 is 1.48 bits per heavy atom. The lowest BCUT2D eigenvalue weighted by molar-refractivity contribution is -0.140. The summed E-state index contributed by atoms with van der Waals surface area (Å²) >= 11 is 18.2. The van der Waals surface area contributed by atoms with E-state index in [0.29, 0.717) is 33.1 Å². The quantitative estimate of drug-likeness (QED) is 0.422. The van der Waals surface area contributed by atoms with Crippen molar-refractivity contribution in [2.45, 2.75) is 6.42 Å². The molecule has 8 heteroatoms. The zero-order chi connectivity index (χ0) is 23.0. The van der Waals surface area contributed by atoms with Crippen molar-refractivity contribution in [1.29, 1.82) is 0 Å². The fourth-order valence-electron chi connectivity index (χ4n) is 5.97. The van der Waals surface area contributed by atoms with Crippen molar-refractivity contribution in [2.24, 2.45) is 35.5 Å². The van der Waals surface area contributed by atoms with Crippen molar-refractivity contribution in [3.63, 3.8) is 0 Å². The van der Waals surface area contributed by atoms with Crippen LogP contribution in [-0.2, 0) is 9.59 Å². The molecular formula is C25H19Cl3N2O3. The second-order valence-corrected chi connectivity index (χ2v) is 10.5. The summed E-state index contributed by atoms with van der Waals surface area (Å²) < 4.78 is 0. The number of carbonyl (C=O) groups excluding carboxylic acids is 3. The molecule has 3 amide bonds. The second kappa shape index (κ2) is 7.59. The first-order chi connectivity index (χ1) is 15.8. The number of nitrogens with zero attached hydrogens (tertiary/aromatic N) is 2. The summed E-state index contributed by atoms with van der Waals surface area (Å²) in [4.78, 5) is 43.1. The van der Waals surface area contributed by atoms with Gasteiger partial charge in [-0.1, -0.05) is 47.0 Å². The third-order valence-corrected chi connectivity index (χ3v) is 8.58. The van der Waals surface area contributed by atoms with Gasteiger partial charge in [-0.25, -0.2) is 0 Å². The van der Waals surface area contributed by atoms with Gasteiger partial charge in [-0.05, 0) is 72.6 Å². The lowest BCUT2D eigenvalue weighted by atomic mass is 9.63. The van der Waals surface area contributed by atoms with Gasteiger partial charge in [0.2, 0.25) is 11.8 Å². The molecule has 0 unspecified atom stereocenters. The summed E-state index contributed by atoms with van der Waals surface area (Å²) in [6, 6.07) is 11.3. The van der Waals surface area contributed by atoms with Crippen molar-refractivity contribution in [3.8, 4) is 0 Å². The molecule has 0 spiro atoms. The molecule has 7 rings (SSSR count). The van der Waals surface area contributed by atoms with Crippen molar-refractivity contribution in [3.05, 3.63) is 75.2 Å². The minimum atomic E-state index is -0.393. The molecular weight excluding hydrogens is 483 g/mol. The summed E-state index contributed by atoms with van der Waals surface area (Å²) in [5, 5.41) is 1.10. The van der Waals surface area contributed by atoms with Gasteiger partial charge >= 0.3 is 0 Å². The Labute approximate surface area is 205 Å². The first-order valence-corrected chi connectivity index (χ1v) is 12.0. The Kier molecular flexibility index (Phi) is 4.88. The standard InChI is InChI=1S/C25H19Cl3N2O3/c26-13-2-4-14(5-3-13)29(23(31)12-1-8-19(27)20(28)9-12)11-30-24(32)21-15-6-7-16(18-10-17(15)18)22(21)25(30)33/h1-9,15-18,21-22H,10-11H2/t15-,16-,17-,18-,21-,22+/m0/s1. The van der Waals surface area contributed by atoms with Crippen molar-refractivity contribution >= 4 is 58.2 Å². The highest BCUT2D eigenvalue weighted by atomic mass is 35.5. The van der Waals surface area contributed by atoms with Crippen LogP contribution in [0.5, 0.6) is 0 Å². The van der Waals surface area contributed by atoms with Crippen LogP contribution >= 0.6 is 34.8 Å². The topological polar surface area (TPSA) is 57.7 Å². The van der Waals surface area contributed by atoms with Gasteiger partial charge in [0.25, 0.3) is 5.91 Å². The maximum Gasteiger partial charge on any atom is 0.259 e. The molecule has 6 atom stereocenters. The fourth-order valence-corrected chi connectivity index (χ4v) is 6.39. The maximum absolute atomic E-state index is 13.5. The van der Waals surface area contributed by atoms with Crippen LogP contribution in [0.15, 0.2) is 54.6 Å². The van der Waals surface area contributed by atoms with Gasteiger partial charge in [0.15, 0.2) is 0 Å². The molecule has 33 heavy (non-hydrogen) atoms. The van der Waals surface area contributed by atoms with Crippen LogP contribution < -0.4 is 4.90 Å². The molecule has 0 aromatic heterocycles. The zero-order valence-electron chi connectivity index (χ0n) is 17.3. The van der Waals surface area contributed by atoms with Gasteiger partial charge in [-0.3, -0.25) is 24.2 Å². The minimum absolute atomic E-state index is 0.126. The van der Waals surface area contributed by atoms with Crippen molar-refractivity contribution in [2.75, 3.05) is 11.6 Å². The van der Waals surface area contributed by atoms with E-state index < -0.39 is 5.91 Å². The Hall–Kier alpha value is -2.34. The molecule has 0 N–H and O–H groups in total. The minimum Gasteiger partial charge on any atom is -0.290 e. The molecule has 1 saturated heterocycles. The number of imide groups is 1. The molecule has 5 nitrogen and oxygen atoms in total. The number of benzene rings is 2. The zero-order valence-corrected chi connectivity index (χ0v) is 19.6. The molecule has 2 bridgehead atoms. The highest BCUT2D eigenvalue weighted by Gasteiger charge is 2.67. The summed E-state index contributed by atoms with van der Waals surface area (Å²) in [6.07, 6.45) is 5.36. The molecule has 1 aliphatic heterocycles. The van der Waals surface area contributed by atoms with Gasteiger partial charge in [-0.15, -0.1) is 0 Å². The number of amides is 3. The predicted octanol–water partition coefficient (Wildman–Crippen LogP) is 5.30. The van der Waals surface area contributed by atoms with E-state index in [1.807, 2.05) is 0 Å². The molecule has 5 aliphatic rings. The molecule has 1 heterocycles. The molecule has 4 aliphatic carbocycles. The fraction of sp³-hybridized carbons (Fsp3) is 0.320. The third-order valence-electron chi connectivity index (χ3n) is 7.59. The Balaban J connectivity index is 1.34. The number of carbonyl (C=O) groups is 3. The molecule has 2 aromatic carbocycles. The number of likely N-dealkylation sites (tertiary alicyclic amines) is 1. The molecule has 0 radical (unpaired) electrons.